The topological polar surface area (TPSA) is 44.4 Å². The maximum Gasteiger partial charge on any atom is 0.221 e. The lowest BCUT2D eigenvalue weighted by Gasteiger charge is -2.30. The molecule has 1 atom stereocenters. The summed E-state index contributed by atoms with van der Waals surface area (Å²) in [6.45, 7) is 11.8. The van der Waals surface area contributed by atoms with Gasteiger partial charge in [0.15, 0.2) is 0 Å². The molecule has 0 spiro atoms. The van der Waals surface area contributed by atoms with Gasteiger partial charge in [-0.1, -0.05) is 13.8 Å². The third kappa shape index (κ3) is 7.53. The van der Waals surface area contributed by atoms with E-state index in [4.69, 9.17) is 0 Å². The fourth-order valence-corrected chi connectivity index (χ4v) is 2.59. The fraction of sp³-hybridized carbons (Fsp3) is 0.933. The molecule has 1 saturated heterocycles. The molecule has 0 aliphatic carbocycles. The first-order chi connectivity index (χ1) is 9.11. The highest BCUT2D eigenvalue weighted by molar-refractivity contribution is 5.76. The normalized spacial score (nSPS) is 19.3. The summed E-state index contributed by atoms with van der Waals surface area (Å²) in [5.41, 5.74) is 0. The molecule has 1 rings (SSSR count). The maximum atomic E-state index is 11.7. The average molecular weight is 269 g/mol. The number of rotatable bonds is 8. The molecule has 1 heterocycles. The first-order valence-electron chi connectivity index (χ1n) is 7.84. The highest BCUT2D eigenvalue weighted by Crippen LogP contribution is 2.15. The van der Waals surface area contributed by atoms with E-state index in [0.29, 0.717) is 6.42 Å². The smallest absolute Gasteiger partial charge is 0.221 e. The fourth-order valence-electron chi connectivity index (χ4n) is 2.59. The van der Waals surface area contributed by atoms with Crippen LogP contribution >= 0.6 is 0 Å². The summed E-state index contributed by atoms with van der Waals surface area (Å²) < 4.78 is 0. The Bertz CT molecular complexity index is 250. The maximum absolute atomic E-state index is 11.7. The number of likely N-dealkylation sites (tertiary alicyclic amines) is 1. The predicted molar refractivity (Wildman–Crippen MR) is 80.2 cm³/mol. The minimum absolute atomic E-state index is 0.167. The molecule has 2 N–H and O–H groups in total. The van der Waals surface area contributed by atoms with Crippen LogP contribution in [0.3, 0.4) is 0 Å². The zero-order chi connectivity index (χ0) is 14.1. The lowest BCUT2D eigenvalue weighted by Crippen LogP contribution is -2.37. The molecule has 19 heavy (non-hydrogen) atoms. The number of piperidine rings is 1. The molecule has 0 radical (unpaired) electrons. The molecule has 1 aliphatic heterocycles. The molecular weight excluding hydrogens is 238 g/mol. The van der Waals surface area contributed by atoms with E-state index in [2.05, 4.69) is 36.3 Å². The van der Waals surface area contributed by atoms with Gasteiger partial charge in [-0.3, -0.25) is 4.79 Å². The van der Waals surface area contributed by atoms with Crippen LogP contribution in [0.1, 0.15) is 46.5 Å². The van der Waals surface area contributed by atoms with Gasteiger partial charge in [0.05, 0.1) is 0 Å². The Balaban J connectivity index is 1.99. The number of amides is 1. The van der Waals surface area contributed by atoms with Crippen molar-refractivity contribution in [2.75, 3.05) is 32.7 Å². The quantitative estimate of drug-likeness (QED) is 0.658. The van der Waals surface area contributed by atoms with E-state index in [1.165, 1.54) is 25.9 Å². The lowest BCUT2D eigenvalue weighted by molar-refractivity contribution is -0.121. The minimum atomic E-state index is 0.167. The molecule has 0 aromatic heterocycles. The van der Waals surface area contributed by atoms with E-state index >= 15 is 0 Å². The summed E-state index contributed by atoms with van der Waals surface area (Å²) >= 11 is 0. The van der Waals surface area contributed by atoms with E-state index in [0.717, 1.165) is 32.0 Å². The van der Waals surface area contributed by atoms with E-state index in [1.54, 1.807) is 0 Å². The standard InChI is InChI=1S/C15H31N3O/c1-4-16-14(3)12-15(19)17-8-5-9-18-10-6-13(2)7-11-18/h13-14,16H,4-12H2,1-3H3,(H,17,19). The number of hydrogen-bond acceptors (Lipinski definition) is 3. The van der Waals surface area contributed by atoms with Crippen molar-refractivity contribution in [2.45, 2.75) is 52.5 Å². The molecule has 1 fully saturated rings. The molecule has 0 aromatic carbocycles. The van der Waals surface area contributed by atoms with Gasteiger partial charge >= 0.3 is 0 Å². The van der Waals surface area contributed by atoms with Crippen molar-refractivity contribution in [1.29, 1.82) is 0 Å². The first kappa shape index (κ1) is 16.4. The summed E-state index contributed by atoms with van der Waals surface area (Å²) in [5.74, 6) is 1.06. The Morgan fingerprint density at radius 1 is 1.37 bits per heavy atom. The van der Waals surface area contributed by atoms with Gasteiger partial charge < -0.3 is 15.5 Å². The van der Waals surface area contributed by atoms with Gasteiger partial charge in [0.1, 0.15) is 0 Å². The Hall–Kier alpha value is -0.610. The van der Waals surface area contributed by atoms with Crippen molar-refractivity contribution >= 4 is 5.91 Å². The zero-order valence-electron chi connectivity index (χ0n) is 12.9. The second kappa shape index (κ2) is 9.32. The molecule has 1 unspecified atom stereocenters. The number of nitrogens with zero attached hydrogens (tertiary/aromatic N) is 1. The van der Waals surface area contributed by atoms with Gasteiger partial charge in [0, 0.05) is 19.0 Å². The van der Waals surface area contributed by atoms with Crippen molar-refractivity contribution in [2.24, 2.45) is 5.92 Å². The third-order valence-corrected chi connectivity index (χ3v) is 3.89. The molecule has 112 valence electrons. The summed E-state index contributed by atoms with van der Waals surface area (Å²) in [4.78, 5) is 14.2. The van der Waals surface area contributed by atoms with Crippen molar-refractivity contribution in [3.05, 3.63) is 0 Å². The molecule has 4 nitrogen and oxygen atoms in total. The highest BCUT2D eigenvalue weighted by Gasteiger charge is 2.14. The van der Waals surface area contributed by atoms with Gasteiger partial charge in [0.25, 0.3) is 0 Å². The SMILES string of the molecule is CCNC(C)CC(=O)NCCCN1CCC(C)CC1. The summed E-state index contributed by atoms with van der Waals surface area (Å²) in [5, 5.41) is 6.27. The second-order valence-electron chi connectivity index (χ2n) is 5.89. The van der Waals surface area contributed by atoms with Crippen LogP contribution in [0.2, 0.25) is 0 Å². The van der Waals surface area contributed by atoms with Crippen molar-refractivity contribution < 1.29 is 4.79 Å². The van der Waals surface area contributed by atoms with Gasteiger partial charge in [-0.25, -0.2) is 0 Å². The first-order valence-corrected chi connectivity index (χ1v) is 7.84. The minimum Gasteiger partial charge on any atom is -0.356 e. The van der Waals surface area contributed by atoms with Crippen LogP contribution in [-0.4, -0.2) is 49.6 Å². The molecule has 0 aromatic rings. The van der Waals surface area contributed by atoms with Crippen LogP contribution < -0.4 is 10.6 Å². The van der Waals surface area contributed by atoms with E-state index < -0.39 is 0 Å². The Labute approximate surface area is 118 Å². The number of carbonyl (C=O) groups is 1. The predicted octanol–water partition coefficient (Wildman–Crippen LogP) is 1.61. The van der Waals surface area contributed by atoms with Crippen LogP contribution in [0.4, 0.5) is 0 Å². The molecule has 0 bridgehead atoms. The molecule has 4 heteroatoms. The van der Waals surface area contributed by atoms with Crippen molar-refractivity contribution in [1.82, 2.24) is 15.5 Å². The van der Waals surface area contributed by atoms with Crippen LogP contribution in [0, 0.1) is 5.92 Å². The summed E-state index contributed by atoms with van der Waals surface area (Å²) in [6, 6.07) is 0.272. The number of carbonyl (C=O) groups excluding carboxylic acids is 1. The number of nitrogens with one attached hydrogen (secondary N) is 2. The van der Waals surface area contributed by atoms with Crippen molar-refractivity contribution in [3.63, 3.8) is 0 Å². The largest absolute Gasteiger partial charge is 0.356 e. The zero-order valence-corrected chi connectivity index (χ0v) is 12.9. The van der Waals surface area contributed by atoms with E-state index in [-0.39, 0.29) is 11.9 Å². The van der Waals surface area contributed by atoms with Gasteiger partial charge in [0.2, 0.25) is 5.91 Å². The van der Waals surface area contributed by atoms with Crippen LogP contribution in [-0.2, 0) is 4.79 Å². The molecule has 0 saturated carbocycles. The molecule has 1 amide bonds. The molecule has 1 aliphatic rings. The Morgan fingerprint density at radius 3 is 2.68 bits per heavy atom. The van der Waals surface area contributed by atoms with Crippen LogP contribution in [0.15, 0.2) is 0 Å². The lowest BCUT2D eigenvalue weighted by atomic mass is 9.99. The Morgan fingerprint density at radius 2 is 2.05 bits per heavy atom. The van der Waals surface area contributed by atoms with Gasteiger partial charge in [-0.15, -0.1) is 0 Å². The Kier molecular flexibility index (Phi) is 8.07. The van der Waals surface area contributed by atoms with Gasteiger partial charge in [-0.2, -0.15) is 0 Å². The van der Waals surface area contributed by atoms with Gasteiger partial charge in [-0.05, 0) is 58.3 Å². The summed E-state index contributed by atoms with van der Waals surface area (Å²) in [7, 11) is 0. The monoisotopic (exact) mass is 269 g/mol. The summed E-state index contributed by atoms with van der Waals surface area (Å²) in [6.07, 6.45) is 4.30. The number of hydrogen-bond donors (Lipinski definition) is 2. The average Bonchev–Trinajstić information content (AvgIpc) is 2.37. The second-order valence-corrected chi connectivity index (χ2v) is 5.89. The third-order valence-electron chi connectivity index (χ3n) is 3.89. The van der Waals surface area contributed by atoms with Crippen LogP contribution in [0.25, 0.3) is 0 Å². The van der Waals surface area contributed by atoms with E-state index in [9.17, 15) is 4.79 Å². The van der Waals surface area contributed by atoms with Crippen molar-refractivity contribution in [3.8, 4) is 0 Å². The van der Waals surface area contributed by atoms with Crippen LogP contribution in [0.5, 0.6) is 0 Å². The highest BCUT2D eigenvalue weighted by atomic mass is 16.1. The van der Waals surface area contributed by atoms with E-state index in [1.807, 2.05) is 0 Å². The molecular formula is C15H31N3O.